The summed E-state index contributed by atoms with van der Waals surface area (Å²) in [4.78, 5) is 36.6. The molecule has 2 aliphatic rings. The second kappa shape index (κ2) is 13.0. The van der Waals surface area contributed by atoms with Gasteiger partial charge in [0, 0.05) is 55.3 Å². The maximum atomic E-state index is 13.8. The second-order valence-electron chi connectivity index (χ2n) is 11.5. The number of nitrogens with zero attached hydrogens (tertiary/aromatic N) is 4. The van der Waals surface area contributed by atoms with Crippen LogP contribution in [0.5, 0.6) is 5.75 Å². The van der Waals surface area contributed by atoms with Gasteiger partial charge in [-0.3, -0.25) is 9.69 Å². The van der Waals surface area contributed by atoms with Crippen LogP contribution in [0.2, 0.25) is 5.02 Å². The summed E-state index contributed by atoms with van der Waals surface area (Å²) >= 11 is 6.15. The van der Waals surface area contributed by atoms with Crippen molar-refractivity contribution in [1.82, 2.24) is 14.8 Å². The predicted octanol–water partition coefficient (Wildman–Crippen LogP) is 7.01. The van der Waals surface area contributed by atoms with Crippen LogP contribution in [0.3, 0.4) is 0 Å². The number of halogens is 5. The van der Waals surface area contributed by atoms with Gasteiger partial charge in [-0.15, -0.1) is 0 Å². The predicted molar refractivity (Wildman–Crippen MR) is 158 cm³/mol. The number of hydrogen-bond acceptors (Lipinski definition) is 5. The summed E-state index contributed by atoms with van der Waals surface area (Å²) in [5.41, 5.74) is 0.125. The van der Waals surface area contributed by atoms with E-state index in [4.69, 9.17) is 16.3 Å². The molecule has 234 valence electrons. The molecule has 7 nitrogen and oxygen atoms in total. The molecule has 44 heavy (non-hydrogen) atoms. The number of aromatic nitrogens is 1. The number of pyridine rings is 1. The molecule has 2 aliphatic heterocycles. The van der Waals surface area contributed by atoms with Gasteiger partial charge in [-0.1, -0.05) is 23.7 Å². The lowest BCUT2D eigenvalue weighted by Gasteiger charge is -2.35. The molecule has 2 atom stereocenters. The van der Waals surface area contributed by atoms with Crippen LogP contribution in [-0.2, 0) is 11.0 Å². The van der Waals surface area contributed by atoms with Gasteiger partial charge in [0.1, 0.15) is 17.4 Å². The molecule has 5 rings (SSSR count). The smallest absolute Gasteiger partial charge is 0.410 e. The zero-order valence-corrected chi connectivity index (χ0v) is 25.1. The molecule has 0 aliphatic carbocycles. The Hall–Kier alpha value is -3.86. The highest BCUT2D eigenvalue weighted by Crippen LogP contribution is 2.36. The van der Waals surface area contributed by atoms with Gasteiger partial charge in [0.05, 0.1) is 11.6 Å². The molecule has 1 aromatic heterocycles. The molecule has 3 heterocycles. The first kappa shape index (κ1) is 31.6. The molecule has 3 aromatic rings. The average Bonchev–Trinajstić information content (AvgIpc) is 3.42. The molecular weight excluding hydrogens is 600 g/mol. The minimum atomic E-state index is -4.45. The number of carbonyl (C=O) groups excluding carboxylic acids is 2. The summed E-state index contributed by atoms with van der Waals surface area (Å²) in [6, 6.07) is 14.3. The Morgan fingerprint density at radius 3 is 2.20 bits per heavy atom. The standard InChI is InChI=1S/C32H33ClF4N4O3/c1-20(2)41(31(43)44-26-10-8-25(34)9-11-26)28-19-40(18-27(28)21-3-6-24(33)7-4-21)30(42)22-13-15-39(16-14-22)29-12-5-23(17-38-29)32(35,36)37/h3-12,17,20,22,27-28H,13-16,18-19H2,1-2H3/t27-,28+/m0/s1. The van der Waals surface area contributed by atoms with Crippen molar-refractivity contribution < 1.29 is 31.9 Å². The van der Waals surface area contributed by atoms with Gasteiger partial charge in [0.25, 0.3) is 0 Å². The van der Waals surface area contributed by atoms with Gasteiger partial charge in [0.2, 0.25) is 5.91 Å². The monoisotopic (exact) mass is 632 g/mol. The van der Waals surface area contributed by atoms with E-state index in [1.54, 1.807) is 21.9 Å². The van der Waals surface area contributed by atoms with Crippen molar-refractivity contribution in [3.8, 4) is 5.75 Å². The lowest BCUT2D eigenvalue weighted by Crippen LogP contribution is -2.50. The molecule has 2 amide bonds. The average molecular weight is 633 g/mol. The third kappa shape index (κ3) is 7.09. The molecule has 2 fully saturated rings. The Morgan fingerprint density at radius 1 is 0.977 bits per heavy atom. The molecular formula is C32H33ClF4N4O3. The molecule has 0 saturated carbocycles. The summed E-state index contributed by atoms with van der Waals surface area (Å²) in [6.45, 7) is 5.40. The van der Waals surface area contributed by atoms with Crippen LogP contribution in [0.4, 0.5) is 28.2 Å². The number of alkyl halides is 3. The van der Waals surface area contributed by atoms with E-state index >= 15 is 0 Å². The number of hydrogen-bond donors (Lipinski definition) is 0. The topological polar surface area (TPSA) is 66.0 Å². The highest BCUT2D eigenvalue weighted by molar-refractivity contribution is 6.30. The van der Waals surface area contributed by atoms with Gasteiger partial charge in [-0.25, -0.2) is 14.2 Å². The number of carbonyl (C=O) groups is 2. The van der Waals surface area contributed by atoms with Gasteiger partial charge in [-0.2, -0.15) is 13.2 Å². The molecule has 0 unspecified atom stereocenters. The Balaban J connectivity index is 1.31. The van der Waals surface area contributed by atoms with Crippen LogP contribution in [0, 0.1) is 11.7 Å². The first-order valence-corrected chi connectivity index (χ1v) is 14.9. The molecule has 2 aromatic carbocycles. The Kier molecular flexibility index (Phi) is 9.34. The SMILES string of the molecule is CC(C)N(C(=O)Oc1ccc(F)cc1)[C@@H]1CN(C(=O)C2CCN(c3ccc(C(F)(F)F)cn3)CC2)C[C@H]1c1ccc(Cl)cc1. The summed E-state index contributed by atoms with van der Waals surface area (Å²) in [5, 5.41) is 0.571. The quantitative estimate of drug-likeness (QED) is 0.274. The normalized spacial score (nSPS) is 19.4. The summed E-state index contributed by atoms with van der Waals surface area (Å²) in [5.74, 6) is -0.299. The van der Waals surface area contributed by atoms with Crippen LogP contribution in [-0.4, -0.2) is 65.0 Å². The van der Waals surface area contributed by atoms with Crippen LogP contribution in [0.15, 0.2) is 66.9 Å². The fourth-order valence-corrected chi connectivity index (χ4v) is 6.15. The fourth-order valence-electron chi connectivity index (χ4n) is 6.03. The van der Waals surface area contributed by atoms with Crippen molar-refractivity contribution >= 4 is 29.4 Å². The Labute approximate surface area is 258 Å². The summed E-state index contributed by atoms with van der Waals surface area (Å²) < 4.78 is 57.9. The third-order valence-corrected chi connectivity index (χ3v) is 8.54. The van der Waals surface area contributed by atoms with E-state index in [-0.39, 0.29) is 29.5 Å². The molecule has 0 spiro atoms. The van der Waals surface area contributed by atoms with E-state index in [1.165, 1.54) is 30.3 Å². The van der Waals surface area contributed by atoms with Crippen molar-refractivity contribution in [1.29, 1.82) is 0 Å². The number of likely N-dealkylation sites (tertiary alicyclic amines) is 1. The molecule has 0 bridgehead atoms. The van der Waals surface area contributed by atoms with E-state index in [2.05, 4.69) is 4.98 Å². The van der Waals surface area contributed by atoms with Crippen molar-refractivity contribution in [2.75, 3.05) is 31.1 Å². The van der Waals surface area contributed by atoms with Crippen LogP contribution < -0.4 is 9.64 Å². The summed E-state index contributed by atoms with van der Waals surface area (Å²) in [7, 11) is 0. The highest BCUT2D eigenvalue weighted by Gasteiger charge is 2.44. The molecule has 0 N–H and O–H groups in total. The zero-order valence-electron chi connectivity index (χ0n) is 24.3. The van der Waals surface area contributed by atoms with Gasteiger partial charge < -0.3 is 14.5 Å². The van der Waals surface area contributed by atoms with E-state index in [1.807, 2.05) is 30.9 Å². The van der Waals surface area contributed by atoms with Crippen LogP contribution in [0.25, 0.3) is 0 Å². The maximum absolute atomic E-state index is 13.8. The fraction of sp³-hybridized carbons (Fsp3) is 0.406. The first-order chi connectivity index (χ1) is 20.9. The highest BCUT2D eigenvalue weighted by atomic mass is 35.5. The lowest BCUT2D eigenvalue weighted by atomic mass is 9.92. The lowest BCUT2D eigenvalue weighted by molar-refractivity contribution is -0.138. The van der Waals surface area contributed by atoms with Gasteiger partial charge >= 0.3 is 12.3 Å². The molecule has 0 radical (unpaired) electrons. The minimum Gasteiger partial charge on any atom is -0.410 e. The van der Waals surface area contributed by atoms with Gasteiger partial charge in [0.15, 0.2) is 0 Å². The number of benzene rings is 2. The molecule has 12 heteroatoms. The van der Waals surface area contributed by atoms with Crippen molar-refractivity contribution in [2.45, 2.75) is 50.9 Å². The second-order valence-corrected chi connectivity index (χ2v) is 11.9. The van der Waals surface area contributed by atoms with E-state index in [0.717, 1.165) is 17.8 Å². The van der Waals surface area contributed by atoms with Crippen LogP contribution >= 0.6 is 11.6 Å². The molecule has 2 saturated heterocycles. The zero-order chi connectivity index (χ0) is 31.6. The van der Waals surface area contributed by atoms with E-state index < -0.39 is 29.7 Å². The van der Waals surface area contributed by atoms with Gasteiger partial charge in [-0.05, 0) is 80.8 Å². The van der Waals surface area contributed by atoms with Crippen molar-refractivity contribution in [3.05, 3.63) is 88.8 Å². The number of piperidine rings is 1. The summed E-state index contributed by atoms with van der Waals surface area (Å²) in [6.07, 6.45) is -3.17. The maximum Gasteiger partial charge on any atom is 0.417 e. The third-order valence-electron chi connectivity index (χ3n) is 8.29. The van der Waals surface area contributed by atoms with E-state index in [9.17, 15) is 27.2 Å². The first-order valence-electron chi connectivity index (χ1n) is 14.5. The van der Waals surface area contributed by atoms with Crippen LogP contribution in [0.1, 0.15) is 43.7 Å². The Bertz CT molecular complexity index is 1440. The number of anilines is 1. The van der Waals surface area contributed by atoms with Crippen molar-refractivity contribution in [3.63, 3.8) is 0 Å². The number of ether oxygens (including phenoxy) is 1. The number of rotatable bonds is 6. The minimum absolute atomic E-state index is 0.0258. The number of amides is 2. The largest absolute Gasteiger partial charge is 0.417 e. The van der Waals surface area contributed by atoms with Crippen molar-refractivity contribution in [2.24, 2.45) is 5.92 Å². The van der Waals surface area contributed by atoms with E-state index in [0.29, 0.717) is 49.9 Å². The Morgan fingerprint density at radius 2 is 1.64 bits per heavy atom.